The van der Waals surface area contributed by atoms with Crippen molar-refractivity contribution >= 4 is 17.7 Å². The minimum absolute atomic E-state index is 0.517. The molecule has 0 atom stereocenters. The lowest BCUT2D eigenvalue weighted by atomic mass is 10.1. The molecule has 1 heterocycles. The summed E-state index contributed by atoms with van der Waals surface area (Å²) in [7, 11) is 0. The van der Waals surface area contributed by atoms with Crippen LogP contribution in [0, 0.1) is 6.92 Å². The Bertz CT molecular complexity index is 443. The Labute approximate surface area is 99.1 Å². The molecule has 17 heavy (non-hydrogen) atoms. The van der Waals surface area contributed by atoms with Gasteiger partial charge in [-0.1, -0.05) is 0 Å². The normalized spacial score (nSPS) is 10.8. The molecule has 0 fully saturated rings. The SMILES string of the molecule is Cc1cncc(NC(=O)NC(C)(C)C(=O)O)c1. The zero-order valence-corrected chi connectivity index (χ0v) is 9.94. The maximum Gasteiger partial charge on any atom is 0.328 e. The number of aliphatic carboxylic acids is 1. The topological polar surface area (TPSA) is 91.3 Å². The van der Waals surface area contributed by atoms with Crippen LogP contribution < -0.4 is 10.6 Å². The van der Waals surface area contributed by atoms with Crippen LogP contribution in [0.15, 0.2) is 18.5 Å². The fourth-order valence-corrected chi connectivity index (χ4v) is 1.12. The van der Waals surface area contributed by atoms with Crippen LogP contribution in [-0.2, 0) is 4.79 Å². The molecule has 0 saturated carbocycles. The molecule has 92 valence electrons. The van der Waals surface area contributed by atoms with Gasteiger partial charge in [0.1, 0.15) is 5.54 Å². The predicted molar refractivity (Wildman–Crippen MR) is 62.8 cm³/mol. The van der Waals surface area contributed by atoms with Crippen molar-refractivity contribution in [2.75, 3.05) is 5.32 Å². The smallest absolute Gasteiger partial charge is 0.328 e. The van der Waals surface area contributed by atoms with E-state index in [-0.39, 0.29) is 0 Å². The molecule has 0 aliphatic carbocycles. The third-order valence-electron chi connectivity index (χ3n) is 2.09. The van der Waals surface area contributed by atoms with Crippen LogP contribution in [0.4, 0.5) is 10.5 Å². The lowest BCUT2D eigenvalue weighted by Gasteiger charge is -2.21. The van der Waals surface area contributed by atoms with Crippen molar-refractivity contribution < 1.29 is 14.7 Å². The average Bonchev–Trinajstić information content (AvgIpc) is 2.15. The summed E-state index contributed by atoms with van der Waals surface area (Å²) in [5.74, 6) is -1.10. The van der Waals surface area contributed by atoms with Crippen molar-refractivity contribution in [2.45, 2.75) is 26.3 Å². The quantitative estimate of drug-likeness (QED) is 0.740. The highest BCUT2D eigenvalue weighted by molar-refractivity contribution is 5.93. The van der Waals surface area contributed by atoms with Crippen LogP contribution in [0.3, 0.4) is 0 Å². The van der Waals surface area contributed by atoms with Crippen LogP contribution in [0.2, 0.25) is 0 Å². The van der Waals surface area contributed by atoms with E-state index in [1.165, 1.54) is 20.0 Å². The number of hydrogen-bond donors (Lipinski definition) is 3. The summed E-state index contributed by atoms with van der Waals surface area (Å²) < 4.78 is 0. The lowest BCUT2D eigenvalue weighted by molar-refractivity contribution is -0.142. The van der Waals surface area contributed by atoms with Gasteiger partial charge >= 0.3 is 12.0 Å². The maximum absolute atomic E-state index is 11.5. The lowest BCUT2D eigenvalue weighted by Crippen LogP contribution is -2.51. The summed E-state index contributed by atoms with van der Waals surface area (Å²) in [5, 5.41) is 13.7. The van der Waals surface area contributed by atoms with E-state index in [0.717, 1.165) is 5.56 Å². The monoisotopic (exact) mass is 237 g/mol. The number of aryl methyl sites for hydroxylation is 1. The highest BCUT2D eigenvalue weighted by Gasteiger charge is 2.28. The van der Waals surface area contributed by atoms with Crippen molar-refractivity contribution in [3.8, 4) is 0 Å². The van der Waals surface area contributed by atoms with Crippen LogP contribution in [0.1, 0.15) is 19.4 Å². The highest BCUT2D eigenvalue weighted by Crippen LogP contribution is 2.08. The molecule has 0 aliphatic heterocycles. The third-order valence-corrected chi connectivity index (χ3v) is 2.09. The van der Waals surface area contributed by atoms with Crippen molar-refractivity contribution in [2.24, 2.45) is 0 Å². The molecule has 0 aromatic carbocycles. The summed E-state index contributed by atoms with van der Waals surface area (Å²) in [5.41, 5.74) is 0.102. The Morgan fingerprint density at radius 1 is 1.35 bits per heavy atom. The van der Waals surface area contributed by atoms with E-state index in [1.807, 2.05) is 6.92 Å². The largest absolute Gasteiger partial charge is 0.480 e. The van der Waals surface area contributed by atoms with E-state index in [0.29, 0.717) is 5.69 Å². The first-order valence-corrected chi connectivity index (χ1v) is 5.05. The van der Waals surface area contributed by atoms with Crippen molar-refractivity contribution in [1.29, 1.82) is 0 Å². The highest BCUT2D eigenvalue weighted by atomic mass is 16.4. The minimum Gasteiger partial charge on any atom is -0.480 e. The number of carbonyl (C=O) groups is 2. The molecule has 1 aromatic heterocycles. The van der Waals surface area contributed by atoms with Gasteiger partial charge in [0.25, 0.3) is 0 Å². The van der Waals surface area contributed by atoms with Crippen LogP contribution in [0.5, 0.6) is 0 Å². The van der Waals surface area contributed by atoms with Gasteiger partial charge in [0.2, 0.25) is 0 Å². The Kier molecular flexibility index (Phi) is 3.67. The number of carboxylic acid groups (broad SMARTS) is 1. The first kappa shape index (κ1) is 13.0. The summed E-state index contributed by atoms with van der Waals surface area (Å²) in [6, 6.07) is 1.16. The van der Waals surface area contributed by atoms with Gasteiger partial charge in [0, 0.05) is 6.20 Å². The molecule has 0 saturated heterocycles. The Morgan fingerprint density at radius 3 is 2.53 bits per heavy atom. The van der Waals surface area contributed by atoms with Gasteiger partial charge in [0.05, 0.1) is 11.9 Å². The molecule has 6 heteroatoms. The third kappa shape index (κ3) is 3.75. The molecule has 0 unspecified atom stereocenters. The molecule has 0 aliphatic rings. The van der Waals surface area contributed by atoms with E-state index in [2.05, 4.69) is 15.6 Å². The zero-order valence-electron chi connectivity index (χ0n) is 9.94. The number of nitrogens with zero attached hydrogens (tertiary/aromatic N) is 1. The number of rotatable bonds is 3. The van der Waals surface area contributed by atoms with E-state index in [1.54, 1.807) is 12.3 Å². The minimum atomic E-state index is -1.32. The van der Waals surface area contributed by atoms with Crippen LogP contribution in [-0.4, -0.2) is 27.6 Å². The maximum atomic E-state index is 11.5. The van der Waals surface area contributed by atoms with Gasteiger partial charge in [-0.3, -0.25) is 4.98 Å². The number of carboxylic acids is 1. The van der Waals surface area contributed by atoms with Crippen molar-refractivity contribution in [3.63, 3.8) is 0 Å². The Morgan fingerprint density at radius 2 is 2.00 bits per heavy atom. The first-order chi connectivity index (χ1) is 7.81. The van der Waals surface area contributed by atoms with E-state index < -0.39 is 17.5 Å². The first-order valence-electron chi connectivity index (χ1n) is 5.05. The fraction of sp³-hybridized carbons (Fsp3) is 0.364. The number of amides is 2. The van der Waals surface area contributed by atoms with Crippen molar-refractivity contribution in [1.82, 2.24) is 10.3 Å². The van der Waals surface area contributed by atoms with E-state index in [4.69, 9.17) is 5.11 Å². The van der Waals surface area contributed by atoms with Crippen molar-refractivity contribution in [3.05, 3.63) is 24.0 Å². The zero-order chi connectivity index (χ0) is 13.1. The van der Waals surface area contributed by atoms with Crippen LogP contribution >= 0.6 is 0 Å². The second-order valence-electron chi connectivity index (χ2n) is 4.26. The predicted octanol–water partition coefficient (Wildman–Crippen LogP) is 1.37. The second-order valence-corrected chi connectivity index (χ2v) is 4.26. The number of pyridine rings is 1. The fourth-order valence-electron chi connectivity index (χ4n) is 1.12. The molecular formula is C11H15N3O3. The molecule has 1 aromatic rings. The van der Waals surface area contributed by atoms with Gasteiger partial charge < -0.3 is 15.7 Å². The average molecular weight is 237 g/mol. The summed E-state index contributed by atoms with van der Waals surface area (Å²) >= 11 is 0. The van der Waals surface area contributed by atoms with Crippen LogP contribution in [0.25, 0.3) is 0 Å². The summed E-state index contributed by atoms with van der Waals surface area (Å²) in [4.78, 5) is 26.2. The molecular weight excluding hydrogens is 222 g/mol. The number of anilines is 1. The van der Waals surface area contributed by atoms with E-state index >= 15 is 0 Å². The number of aromatic nitrogens is 1. The van der Waals surface area contributed by atoms with Gasteiger partial charge in [0.15, 0.2) is 0 Å². The number of carbonyl (C=O) groups excluding carboxylic acids is 1. The molecule has 1 rings (SSSR count). The summed E-state index contributed by atoms with van der Waals surface area (Å²) in [6.45, 7) is 4.66. The number of hydrogen-bond acceptors (Lipinski definition) is 3. The van der Waals surface area contributed by atoms with Gasteiger partial charge in [-0.05, 0) is 32.4 Å². The number of urea groups is 1. The molecule has 0 radical (unpaired) electrons. The van der Waals surface area contributed by atoms with Gasteiger partial charge in [-0.25, -0.2) is 9.59 Å². The van der Waals surface area contributed by atoms with Gasteiger partial charge in [-0.15, -0.1) is 0 Å². The standard InChI is InChI=1S/C11H15N3O3/c1-7-4-8(6-12-5-7)13-10(17)14-11(2,3)9(15)16/h4-6H,1-3H3,(H,15,16)(H2,13,14,17). The Hall–Kier alpha value is -2.11. The second kappa shape index (κ2) is 4.82. The molecule has 3 N–H and O–H groups in total. The van der Waals surface area contributed by atoms with Gasteiger partial charge in [-0.2, -0.15) is 0 Å². The number of nitrogens with one attached hydrogen (secondary N) is 2. The molecule has 0 spiro atoms. The molecule has 6 nitrogen and oxygen atoms in total. The molecule has 2 amide bonds. The van der Waals surface area contributed by atoms with E-state index in [9.17, 15) is 9.59 Å². The summed E-state index contributed by atoms with van der Waals surface area (Å²) in [6.07, 6.45) is 3.14. The Balaban J connectivity index is 2.65. The molecule has 0 bridgehead atoms.